The van der Waals surface area contributed by atoms with Gasteiger partial charge in [-0.15, -0.1) is 0 Å². The largest absolute Gasteiger partial charge is 0.476 e. The summed E-state index contributed by atoms with van der Waals surface area (Å²) in [5.74, 6) is -0.949. The molecule has 1 aromatic heterocycles. The molecule has 0 saturated carbocycles. The van der Waals surface area contributed by atoms with Gasteiger partial charge in [-0.05, 0) is 25.6 Å². The summed E-state index contributed by atoms with van der Waals surface area (Å²) < 4.78 is 1.80. The van der Waals surface area contributed by atoms with Gasteiger partial charge in [-0.2, -0.15) is 5.10 Å². The van der Waals surface area contributed by atoms with Gasteiger partial charge in [0.1, 0.15) is 0 Å². The van der Waals surface area contributed by atoms with Gasteiger partial charge < -0.3 is 5.11 Å². The number of aryl methyl sites for hydroxylation is 1. The molecule has 2 heterocycles. The highest BCUT2D eigenvalue weighted by molar-refractivity contribution is 5.87. The topological polar surface area (TPSA) is 58.4 Å². The van der Waals surface area contributed by atoms with E-state index in [1.54, 1.807) is 4.68 Å². The lowest BCUT2D eigenvalue weighted by Gasteiger charge is -2.26. The summed E-state index contributed by atoms with van der Waals surface area (Å²) in [7, 11) is 0. The minimum Gasteiger partial charge on any atom is -0.476 e. The first kappa shape index (κ1) is 13.8. The van der Waals surface area contributed by atoms with E-state index in [4.69, 9.17) is 0 Å². The normalized spacial score (nSPS) is 15.0. The fourth-order valence-electron chi connectivity index (χ4n) is 2.82. The van der Waals surface area contributed by atoms with Crippen molar-refractivity contribution < 1.29 is 9.90 Å². The van der Waals surface area contributed by atoms with Crippen LogP contribution in [0.15, 0.2) is 24.3 Å². The monoisotopic (exact) mass is 285 g/mol. The summed E-state index contributed by atoms with van der Waals surface area (Å²) in [5, 5.41) is 13.8. The van der Waals surface area contributed by atoms with E-state index in [-0.39, 0.29) is 5.69 Å². The SMILES string of the molecule is CCN1CCc2c(c(C(=O)O)nn2-c2ccc(C)cc2)C1. The Bertz CT molecular complexity index is 674. The number of carbonyl (C=O) groups is 1. The lowest BCUT2D eigenvalue weighted by atomic mass is 10.0. The zero-order valence-corrected chi connectivity index (χ0v) is 12.3. The number of aromatic nitrogens is 2. The first-order chi connectivity index (χ1) is 10.1. The van der Waals surface area contributed by atoms with Crippen molar-refractivity contribution in [1.82, 2.24) is 14.7 Å². The molecule has 3 rings (SSSR count). The third kappa shape index (κ3) is 2.45. The third-order valence-electron chi connectivity index (χ3n) is 4.06. The predicted molar refractivity (Wildman–Crippen MR) is 79.9 cm³/mol. The van der Waals surface area contributed by atoms with E-state index in [2.05, 4.69) is 16.9 Å². The Labute approximate surface area is 123 Å². The molecule has 2 aromatic rings. The van der Waals surface area contributed by atoms with Crippen molar-refractivity contribution >= 4 is 5.97 Å². The van der Waals surface area contributed by atoms with E-state index in [9.17, 15) is 9.90 Å². The van der Waals surface area contributed by atoms with Crippen LogP contribution in [0.4, 0.5) is 0 Å². The summed E-state index contributed by atoms with van der Waals surface area (Å²) in [4.78, 5) is 13.7. The Balaban J connectivity index is 2.10. The quantitative estimate of drug-likeness (QED) is 0.939. The average molecular weight is 285 g/mol. The van der Waals surface area contributed by atoms with Gasteiger partial charge in [-0.25, -0.2) is 9.48 Å². The number of fused-ring (bicyclic) bond motifs is 1. The number of rotatable bonds is 3. The number of benzene rings is 1. The fourth-order valence-corrected chi connectivity index (χ4v) is 2.82. The molecule has 0 fully saturated rings. The van der Waals surface area contributed by atoms with Crippen LogP contribution in [0.2, 0.25) is 0 Å². The summed E-state index contributed by atoms with van der Waals surface area (Å²) >= 11 is 0. The predicted octanol–water partition coefficient (Wildman–Crippen LogP) is 2.26. The van der Waals surface area contributed by atoms with Crippen molar-refractivity contribution in [2.75, 3.05) is 13.1 Å². The average Bonchev–Trinajstić information content (AvgIpc) is 2.87. The number of hydrogen-bond acceptors (Lipinski definition) is 3. The maximum absolute atomic E-state index is 11.5. The molecular weight excluding hydrogens is 266 g/mol. The molecule has 1 N–H and O–H groups in total. The zero-order chi connectivity index (χ0) is 15.0. The van der Waals surface area contributed by atoms with Crippen LogP contribution in [-0.4, -0.2) is 38.8 Å². The van der Waals surface area contributed by atoms with Gasteiger partial charge >= 0.3 is 5.97 Å². The number of hydrogen-bond donors (Lipinski definition) is 1. The molecule has 5 heteroatoms. The van der Waals surface area contributed by atoms with Gasteiger partial charge in [-0.1, -0.05) is 24.6 Å². The van der Waals surface area contributed by atoms with Crippen LogP contribution in [0.25, 0.3) is 5.69 Å². The fraction of sp³-hybridized carbons (Fsp3) is 0.375. The van der Waals surface area contributed by atoms with Crippen LogP contribution >= 0.6 is 0 Å². The van der Waals surface area contributed by atoms with Gasteiger partial charge in [0, 0.05) is 25.1 Å². The molecule has 0 saturated heterocycles. The van der Waals surface area contributed by atoms with Crippen LogP contribution in [0, 0.1) is 6.92 Å². The van der Waals surface area contributed by atoms with Crippen molar-refractivity contribution in [2.24, 2.45) is 0 Å². The Hall–Kier alpha value is -2.14. The summed E-state index contributed by atoms with van der Waals surface area (Å²) in [5.41, 5.74) is 4.17. The van der Waals surface area contributed by atoms with E-state index in [0.29, 0.717) is 6.54 Å². The van der Waals surface area contributed by atoms with Crippen LogP contribution < -0.4 is 0 Å². The van der Waals surface area contributed by atoms with Crippen LogP contribution in [0.1, 0.15) is 34.2 Å². The molecule has 0 amide bonds. The second-order valence-electron chi connectivity index (χ2n) is 5.45. The van der Waals surface area contributed by atoms with Gasteiger partial charge in [0.25, 0.3) is 0 Å². The van der Waals surface area contributed by atoms with Crippen molar-refractivity contribution in [3.05, 3.63) is 46.8 Å². The molecular formula is C16H19N3O2. The van der Waals surface area contributed by atoms with Gasteiger partial charge in [0.2, 0.25) is 0 Å². The lowest BCUT2D eigenvalue weighted by Crippen LogP contribution is -2.31. The molecule has 110 valence electrons. The van der Waals surface area contributed by atoms with Crippen molar-refractivity contribution in [3.63, 3.8) is 0 Å². The van der Waals surface area contributed by atoms with E-state index >= 15 is 0 Å². The summed E-state index contributed by atoms with van der Waals surface area (Å²) in [6, 6.07) is 8.01. The summed E-state index contributed by atoms with van der Waals surface area (Å²) in [6.45, 7) is 6.66. The van der Waals surface area contributed by atoms with Crippen LogP contribution in [-0.2, 0) is 13.0 Å². The molecule has 0 radical (unpaired) electrons. The molecule has 1 aliphatic rings. The smallest absolute Gasteiger partial charge is 0.356 e. The molecule has 0 aliphatic carbocycles. The highest BCUT2D eigenvalue weighted by Gasteiger charge is 2.27. The molecule has 0 spiro atoms. The Kier molecular flexibility index (Phi) is 3.51. The van der Waals surface area contributed by atoms with Crippen molar-refractivity contribution in [2.45, 2.75) is 26.8 Å². The van der Waals surface area contributed by atoms with Gasteiger partial charge in [0.15, 0.2) is 5.69 Å². The van der Waals surface area contributed by atoms with Crippen molar-refractivity contribution in [3.8, 4) is 5.69 Å². The standard InChI is InChI=1S/C16H19N3O2/c1-3-18-9-8-14-13(10-18)15(16(20)21)17-19(14)12-6-4-11(2)5-7-12/h4-7H,3,8-10H2,1-2H3,(H,20,21). The van der Waals surface area contributed by atoms with Crippen LogP contribution in [0.3, 0.4) is 0 Å². The van der Waals surface area contributed by atoms with Crippen molar-refractivity contribution in [1.29, 1.82) is 0 Å². The molecule has 0 bridgehead atoms. The van der Waals surface area contributed by atoms with Gasteiger partial charge in [0.05, 0.1) is 11.4 Å². The molecule has 1 aliphatic heterocycles. The zero-order valence-electron chi connectivity index (χ0n) is 12.3. The number of carboxylic acid groups (broad SMARTS) is 1. The minimum atomic E-state index is -0.949. The van der Waals surface area contributed by atoms with E-state index in [0.717, 1.165) is 36.5 Å². The molecule has 1 aromatic carbocycles. The second kappa shape index (κ2) is 5.33. The molecule has 0 atom stereocenters. The highest BCUT2D eigenvalue weighted by Crippen LogP contribution is 2.25. The van der Waals surface area contributed by atoms with E-state index < -0.39 is 5.97 Å². The number of aromatic carboxylic acids is 1. The molecule has 0 unspecified atom stereocenters. The Morgan fingerprint density at radius 1 is 1.33 bits per heavy atom. The van der Waals surface area contributed by atoms with E-state index in [1.807, 2.05) is 31.2 Å². The maximum atomic E-state index is 11.5. The van der Waals surface area contributed by atoms with Crippen LogP contribution in [0.5, 0.6) is 0 Å². The molecule has 5 nitrogen and oxygen atoms in total. The Morgan fingerprint density at radius 2 is 2.05 bits per heavy atom. The van der Waals surface area contributed by atoms with Gasteiger partial charge in [-0.3, -0.25) is 4.90 Å². The maximum Gasteiger partial charge on any atom is 0.356 e. The first-order valence-electron chi connectivity index (χ1n) is 7.23. The number of likely N-dealkylation sites (N-methyl/N-ethyl adjacent to an activating group) is 1. The highest BCUT2D eigenvalue weighted by atomic mass is 16.4. The molecule has 21 heavy (non-hydrogen) atoms. The lowest BCUT2D eigenvalue weighted by molar-refractivity contribution is 0.0687. The van der Waals surface area contributed by atoms with E-state index in [1.165, 1.54) is 5.56 Å². The second-order valence-corrected chi connectivity index (χ2v) is 5.45. The minimum absolute atomic E-state index is 0.184. The first-order valence-corrected chi connectivity index (χ1v) is 7.23. The number of nitrogens with zero attached hydrogens (tertiary/aromatic N) is 3. The summed E-state index contributed by atoms with van der Waals surface area (Å²) in [6.07, 6.45) is 0.831. The Morgan fingerprint density at radius 3 is 2.67 bits per heavy atom. The number of carboxylic acids is 1. The third-order valence-corrected chi connectivity index (χ3v) is 4.06.